The summed E-state index contributed by atoms with van der Waals surface area (Å²) in [6, 6.07) is 10.5. The SMILES string of the molecule is C=C(C)/C(C)=C\Cc1ccccc1. The quantitative estimate of drug-likeness (QED) is 0.609. The molecule has 0 heterocycles. The molecule has 0 saturated carbocycles. The smallest absolute Gasteiger partial charge is 0.00916 e. The molecule has 0 aliphatic carbocycles. The summed E-state index contributed by atoms with van der Waals surface area (Å²) in [6.07, 6.45) is 3.22. The van der Waals surface area contributed by atoms with E-state index in [0.29, 0.717) is 0 Å². The fraction of sp³-hybridized carbons (Fsp3) is 0.231. The number of allylic oxidation sites excluding steroid dienone is 3. The summed E-state index contributed by atoms with van der Waals surface area (Å²) in [5.74, 6) is 0. The van der Waals surface area contributed by atoms with Crippen LogP contribution in [0.3, 0.4) is 0 Å². The van der Waals surface area contributed by atoms with Crippen LogP contribution in [-0.2, 0) is 6.42 Å². The summed E-state index contributed by atoms with van der Waals surface area (Å²) in [7, 11) is 0. The minimum absolute atomic E-state index is 1.000. The van der Waals surface area contributed by atoms with Crippen molar-refractivity contribution in [2.45, 2.75) is 20.3 Å². The molecular formula is C13H16. The van der Waals surface area contributed by atoms with Crippen molar-refractivity contribution in [3.05, 3.63) is 59.7 Å². The van der Waals surface area contributed by atoms with Crippen LogP contribution < -0.4 is 0 Å². The van der Waals surface area contributed by atoms with Crippen LogP contribution in [0.4, 0.5) is 0 Å². The molecule has 0 aliphatic heterocycles. The molecule has 68 valence electrons. The van der Waals surface area contributed by atoms with Crippen LogP contribution in [0.1, 0.15) is 19.4 Å². The summed E-state index contributed by atoms with van der Waals surface area (Å²) < 4.78 is 0. The van der Waals surface area contributed by atoms with Gasteiger partial charge in [0.15, 0.2) is 0 Å². The monoisotopic (exact) mass is 172 g/mol. The zero-order chi connectivity index (χ0) is 9.68. The van der Waals surface area contributed by atoms with Crippen molar-refractivity contribution in [2.75, 3.05) is 0 Å². The largest absolute Gasteiger partial charge is 0.0959 e. The molecule has 1 aromatic rings. The fourth-order valence-electron chi connectivity index (χ4n) is 1.06. The van der Waals surface area contributed by atoms with Gasteiger partial charge >= 0.3 is 0 Å². The van der Waals surface area contributed by atoms with Gasteiger partial charge in [-0.25, -0.2) is 0 Å². The highest BCUT2D eigenvalue weighted by atomic mass is 14.0. The molecule has 1 aromatic carbocycles. The van der Waals surface area contributed by atoms with Crippen LogP contribution in [0.2, 0.25) is 0 Å². The summed E-state index contributed by atoms with van der Waals surface area (Å²) in [5.41, 5.74) is 3.78. The molecule has 0 radical (unpaired) electrons. The van der Waals surface area contributed by atoms with E-state index in [2.05, 4.69) is 43.8 Å². The van der Waals surface area contributed by atoms with Gasteiger partial charge in [-0.1, -0.05) is 54.1 Å². The van der Waals surface area contributed by atoms with Gasteiger partial charge in [0.25, 0.3) is 0 Å². The Labute approximate surface area is 80.6 Å². The van der Waals surface area contributed by atoms with Gasteiger partial charge in [0.1, 0.15) is 0 Å². The molecule has 13 heavy (non-hydrogen) atoms. The summed E-state index contributed by atoms with van der Waals surface area (Å²) >= 11 is 0. The second-order valence-corrected chi connectivity index (χ2v) is 3.36. The van der Waals surface area contributed by atoms with E-state index in [-0.39, 0.29) is 0 Å². The maximum atomic E-state index is 3.90. The van der Waals surface area contributed by atoms with Crippen LogP contribution >= 0.6 is 0 Å². The highest BCUT2D eigenvalue weighted by Gasteiger charge is 1.90. The fourth-order valence-corrected chi connectivity index (χ4v) is 1.06. The second kappa shape index (κ2) is 4.66. The van der Waals surface area contributed by atoms with Gasteiger partial charge in [-0.2, -0.15) is 0 Å². The molecule has 0 heteroatoms. The molecule has 0 unspecified atom stereocenters. The molecule has 0 fully saturated rings. The standard InChI is InChI=1S/C13H16/c1-11(2)12(3)9-10-13-7-5-4-6-8-13/h4-9H,1,10H2,2-3H3/b12-9-. The highest BCUT2D eigenvalue weighted by molar-refractivity contribution is 5.27. The predicted molar refractivity (Wildman–Crippen MR) is 58.7 cm³/mol. The first-order valence-electron chi connectivity index (χ1n) is 4.56. The Morgan fingerprint density at radius 2 is 1.85 bits per heavy atom. The van der Waals surface area contributed by atoms with Gasteiger partial charge in [0.05, 0.1) is 0 Å². The number of hydrogen-bond donors (Lipinski definition) is 0. The van der Waals surface area contributed by atoms with Crippen molar-refractivity contribution in [3.8, 4) is 0 Å². The summed E-state index contributed by atoms with van der Waals surface area (Å²) in [6.45, 7) is 8.04. The molecule has 0 N–H and O–H groups in total. The van der Waals surface area contributed by atoms with Crippen molar-refractivity contribution in [2.24, 2.45) is 0 Å². The van der Waals surface area contributed by atoms with Crippen molar-refractivity contribution < 1.29 is 0 Å². The molecule has 1 rings (SSSR count). The van der Waals surface area contributed by atoms with E-state index in [1.165, 1.54) is 11.1 Å². The molecule has 0 saturated heterocycles. The first-order chi connectivity index (χ1) is 6.20. The van der Waals surface area contributed by atoms with Crippen molar-refractivity contribution >= 4 is 0 Å². The first-order valence-corrected chi connectivity index (χ1v) is 4.56. The summed E-state index contributed by atoms with van der Waals surface area (Å²) in [4.78, 5) is 0. The van der Waals surface area contributed by atoms with Crippen LogP contribution in [0.25, 0.3) is 0 Å². The van der Waals surface area contributed by atoms with Gasteiger partial charge < -0.3 is 0 Å². The lowest BCUT2D eigenvalue weighted by molar-refractivity contribution is 1.22. The predicted octanol–water partition coefficient (Wildman–Crippen LogP) is 3.75. The lowest BCUT2D eigenvalue weighted by Gasteiger charge is -1.99. The van der Waals surface area contributed by atoms with E-state index < -0.39 is 0 Å². The number of rotatable bonds is 3. The molecular weight excluding hydrogens is 156 g/mol. The van der Waals surface area contributed by atoms with Gasteiger partial charge in [-0.05, 0) is 25.8 Å². The third kappa shape index (κ3) is 3.29. The molecule has 0 nitrogen and oxygen atoms in total. The molecule has 0 atom stereocenters. The van der Waals surface area contributed by atoms with Crippen molar-refractivity contribution in [1.82, 2.24) is 0 Å². The highest BCUT2D eigenvalue weighted by Crippen LogP contribution is 2.08. The van der Waals surface area contributed by atoms with E-state index in [1.54, 1.807) is 0 Å². The third-order valence-electron chi connectivity index (χ3n) is 2.16. The maximum absolute atomic E-state index is 3.90. The number of benzene rings is 1. The van der Waals surface area contributed by atoms with Crippen molar-refractivity contribution in [3.63, 3.8) is 0 Å². The minimum Gasteiger partial charge on any atom is -0.0959 e. The van der Waals surface area contributed by atoms with Crippen LogP contribution in [0, 0.1) is 0 Å². The third-order valence-corrected chi connectivity index (χ3v) is 2.16. The van der Waals surface area contributed by atoms with E-state index in [4.69, 9.17) is 0 Å². The molecule has 0 spiro atoms. The Hall–Kier alpha value is -1.30. The Balaban J connectivity index is 2.62. The van der Waals surface area contributed by atoms with E-state index >= 15 is 0 Å². The first kappa shape index (κ1) is 9.79. The Kier molecular flexibility index (Phi) is 3.51. The van der Waals surface area contributed by atoms with Gasteiger partial charge in [-0.15, -0.1) is 0 Å². The lowest BCUT2D eigenvalue weighted by Crippen LogP contribution is -1.82. The Bertz CT molecular complexity index is 304. The van der Waals surface area contributed by atoms with Gasteiger partial charge in [0, 0.05) is 0 Å². The lowest BCUT2D eigenvalue weighted by atomic mass is 10.1. The molecule has 0 amide bonds. The second-order valence-electron chi connectivity index (χ2n) is 3.36. The molecule has 0 aliphatic rings. The van der Waals surface area contributed by atoms with Gasteiger partial charge in [-0.3, -0.25) is 0 Å². The minimum atomic E-state index is 1.000. The normalized spacial score (nSPS) is 11.4. The van der Waals surface area contributed by atoms with Crippen molar-refractivity contribution in [1.29, 1.82) is 0 Å². The topological polar surface area (TPSA) is 0 Å². The van der Waals surface area contributed by atoms with Gasteiger partial charge in [0.2, 0.25) is 0 Å². The Morgan fingerprint density at radius 1 is 1.23 bits per heavy atom. The van der Waals surface area contributed by atoms with Crippen LogP contribution in [-0.4, -0.2) is 0 Å². The van der Waals surface area contributed by atoms with Crippen LogP contribution in [0.15, 0.2) is 54.1 Å². The zero-order valence-electron chi connectivity index (χ0n) is 8.38. The number of hydrogen-bond acceptors (Lipinski definition) is 0. The summed E-state index contributed by atoms with van der Waals surface area (Å²) in [5, 5.41) is 0. The average Bonchev–Trinajstić information content (AvgIpc) is 2.15. The van der Waals surface area contributed by atoms with E-state index in [1.807, 2.05) is 13.0 Å². The van der Waals surface area contributed by atoms with Crippen LogP contribution in [0.5, 0.6) is 0 Å². The average molecular weight is 172 g/mol. The molecule has 0 bridgehead atoms. The van der Waals surface area contributed by atoms with E-state index in [9.17, 15) is 0 Å². The maximum Gasteiger partial charge on any atom is -0.00916 e. The zero-order valence-corrected chi connectivity index (χ0v) is 8.38. The molecule has 0 aromatic heterocycles. The van der Waals surface area contributed by atoms with E-state index in [0.717, 1.165) is 12.0 Å². The Morgan fingerprint density at radius 3 is 2.38 bits per heavy atom.